The van der Waals surface area contributed by atoms with E-state index in [2.05, 4.69) is 11.9 Å². The van der Waals surface area contributed by atoms with Gasteiger partial charge in [-0.05, 0) is 50.7 Å². The monoisotopic (exact) mass is 341 g/mol. The van der Waals surface area contributed by atoms with Crippen LogP contribution < -0.4 is 5.56 Å². The third-order valence-electron chi connectivity index (χ3n) is 5.19. The van der Waals surface area contributed by atoms with Gasteiger partial charge < -0.3 is 4.90 Å². The average molecular weight is 341 g/mol. The van der Waals surface area contributed by atoms with Gasteiger partial charge in [-0.2, -0.15) is 0 Å². The van der Waals surface area contributed by atoms with Gasteiger partial charge in [0, 0.05) is 26.1 Å². The Hall–Kier alpha value is -2.17. The predicted octanol–water partition coefficient (Wildman–Crippen LogP) is 3.13. The van der Waals surface area contributed by atoms with E-state index in [1.165, 1.54) is 6.42 Å². The van der Waals surface area contributed by atoms with Gasteiger partial charge in [-0.15, -0.1) is 0 Å². The molecule has 3 rings (SSSR count). The van der Waals surface area contributed by atoms with Gasteiger partial charge in [-0.1, -0.05) is 19.1 Å². The number of aromatic nitrogens is 2. The van der Waals surface area contributed by atoms with Crippen molar-refractivity contribution in [2.75, 3.05) is 13.1 Å². The van der Waals surface area contributed by atoms with Crippen molar-refractivity contribution >= 4 is 16.8 Å². The fourth-order valence-electron chi connectivity index (χ4n) is 3.60. The largest absolute Gasteiger partial charge is 0.343 e. The van der Waals surface area contributed by atoms with Gasteiger partial charge in [0.1, 0.15) is 5.82 Å². The van der Waals surface area contributed by atoms with Crippen LogP contribution in [0.3, 0.4) is 0 Å². The zero-order valence-electron chi connectivity index (χ0n) is 15.2. The smallest absolute Gasteiger partial charge is 0.261 e. The predicted molar refractivity (Wildman–Crippen MR) is 99.6 cm³/mol. The zero-order chi connectivity index (χ0) is 17.8. The molecule has 5 nitrogen and oxygen atoms in total. The first-order valence-electron chi connectivity index (χ1n) is 9.30. The van der Waals surface area contributed by atoms with E-state index < -0.39 is 0 Å². The van der Waals surface area contributed by atoms with Gasteiger partial charge in [-0.25, -0.2) is 4.98 Å². The molecule has 2 aromatic rings. The van der Waals surface area contributed by atoms with Crippen LogP contribution in [0.2, 0.25) is 0 Å². The Morgan fingerprint density at radius 2 is 2.04 bits per heavy atom. The molecule has 134 valence electrons. The minimum atomic E-state index is -0.0147. The Kier molecular flexibility index (Phi) is 5.51. The first-order valence-corrected chi connectivity index (χ1v) is 9.30. The molecule has 1 aliphatic rings. The molecule has 0 saturated carbocycles. The van der Waals surface area contributed by atoms with Crippen LogP contribution in [0.15, 0.2) is 29.1 Å². The van der Waals surface area contributed by atoms with Crippen molar-refractivity contribution in [1.82, 2.24) is 14.5 Å². The normalized spacial score (nSPS) is 18.3. The summed E-state index contributed by atoms with van der Waals surface area (Å²) < 4.78 is 1.69. The molecule has 1 atom stereocenters. The number of fused-ring (bicyclic) bond motifs is 1. The van der Waals surface area contributed by atoms with E-state index in [9.17, 15) is 9.59 Å². The molecule has 1 amide bonds. The summed E-state index contributed by atoms with van der Waals surface area (Å²) in [6, 6.07) is 7.41. The van der Waals surface area contributed by atoms with E-state index in [0.29, 0.717) is 36.5 Å². The molecule has 5 heteroatoms. The van der Waals surface area contributed by atoms with Gasteiger partial charge in [0.25, 0.3) is 5.56 Å². The molecular formula is C20H27N3O2. The maximum atomic E-state index is 12.6. The fraction of sp³-hybridized carbons (Fsp3) is 0.550. The molecule has 2 heterocycles. The van der Waals surface area contributed by atoms with Crippen molar-refractivity contribution in [3.63, 3.8) is 0 Å². The van der Waals surface area contributed by atoms with Gasteiger partial charge >= 0.3 is 0 Å². The Morgan fingerprint density at radius 1 is 1.24 bits per heavy atom. The third-order valence-corrected chi connectivity index (χ3v) is 5.19. The maximum Gasteiger partial charge on any atom is 0.261 e. The highest BCUT2D eigenvalue weighted by Crippen LogP contribution is 2.17. The summed E-state index contributed by atoms with van der Waals surface area (Å²) in [6.07, 6.45) is 4.57. The summed E-state index contributed by atoms with van der Waals surface area (Å²) >= 11 is 0. The quantitative estimate of drug-likeness (QED) is 0.858. The van der Waals surface area contributed by atoms with E-state index in [4.69, 9.17) is 0 Å². The number of benzene rings is 1. The van der Waals surface area contributed by atoms with E-state index in [0.717, 1.165) is 31.4 Å². The molecule has 0 aliphatic carbocycles. The topological polar surface area (TPSA) is 55.2 Å². The number of nitrogens with zero attached hydrogens (tertiary/aromatic N) is 3. The summed E-state index contributed by atoms with van der Waals surface area (Å²) in [7, 11) is 0. The SMILES string of the molecule is Cc1nc2ccccc2c(=O)n1CCCC(=O)N1CCCC(C)CC1. The van der Waals surface area contributed by atoms with Crippen LogP contribution in [0.25, 0.3) is 10.9 Å². The van der Waals surface area contributed by atoms with Crippen LogP contribution in [0.1, 0.15) is 44.9 Å². The van der Waals surface area contributed by atoms with Gasteiger partial charge in [0.15, 0.2) is 0 Å². The lowest BCUT2D eigenvalue weighted by molar-refractivity contribution is -0.131. The molecule has 0 bridgehead atoms. The number of aryl methyl sites for hydroxylation is 1. The first-order chi connectivity index (χ1) is 12.1. The van der Waals surface area contributed by atoms with Crippen molar-refractivity contribution < 1.29 is 4.79 Å². The second-order valence-corrected chi connectivity index (χ2v) is 7.15. The molecule has 1 fully saturated rings. The second-order valence-electron chi connectivity index (χ2n) is 7.15. The van der Waals surface area contributed by atoms with Crippen LogP contribution in [0, 0.1) is 12.8 Å². The lowest BCUT2D eigenvalue weighted by Gasteiger charge is -2.20. The van der Waals surface area contributed by atoms with Gasteiger partial charge in [0.05, 0.1) is 10.9 Å². The summed E-state index contributed by atoms with van der Waals surface area (Å²) in [5, 5.41) is 0.640. The molecule has 1 saturated heterocycles. The van der Waals surface area contributed by atoms with E-state index >= 15 is 0 Å². The number of para-hydroxylation sites is 1. The van der Waals surface area contributed by atoms with Crippen LogP contribution in [0.4, 0.5) is 0 Å². The molecule has 0 radical (unpaired) electrons. The van der Waals surface area contributed by atoms with E-state index in [1.807, 2.05) is 36.1 Å². The van der Waals surface area contributed by atoms with Crippen molar-refractivity contribution in [3.05, 3.63) is 40.4 Å². The molecule has 25 heavy (non-hydrogen) atoms. The fourth-order valence-corrected chi connectivity index (χ4v) is 3.60. The highest BCUT2D eigenvalue weighted by atomic mass is 16.2. The minimum Gasteiger partial charge on any atom is -0.343 e. The van der Waals surface area contributed by atoms with Gasteiger partial charge in [-0.3, -0.25) is 14.2 Å². The number of rotatable bonds is 4. The summed E-state index contributed by atoms with van der Waals surface area (Å²) in [5.41, 5.74) is 0.718. The Morgan fingerprint density at radius 3 is 2.88 bits per heavy atom. The van der Waals surface area contributed by atoms with Crippen LogP contribution in [-0.4, -0.2) is 33.4 Å². The lowest BCUT2D eigenvalue weighted by Crippen LogP contribution is -2.32. The van der Waals surface area contributed by atoms with Gasteiger partial charge in [0.2, 0.25) is 5.91 Å². The zero-order valence-corrected chi connectivity index (χ0v) is 15.2. The third kappa shape index (κ3) is 4.09. The molecule has 0 spiro atoms. The Bertz CT molecular complexity index is 812. The Balaban J connectivity index is 1.63. The average Bonchev–Trinajstić information content (AvgIpc) is 2.82. The van der Waals surface area contributed by atoms with Crippen molar-refractivity contribution in [2.45, 2.75) is 52.5 Å². The number of carbonyl (C=O) groups is 1. The number of hydrogen-bond acceptors (Lipinski definition) is 3. The molecule has 1 unspecified atom stereocenters. The van der Waals surface area contributed by atoms with Crippen molar-refractivity contribution in [1.29, 1.82) is 0 Å². The number of amides is 1. The second kappa shape index (κ2) is 7.81. The molecule has 1 aliphatic heterocycles. The summed E-state index contributed by atoms with van der Waals surface area (Å²) in [6.45, 7) is 6.40. The lowest BCUT2D eigenvalue weighted by atomic mass is 10.0. The maximum absolute atomic E-state index is 12.6. The van der Waals surface area contributed by atoms with E-state index in [1.54, 1.807) is 4.57 Å². The Labute approximate surface area is 148 Å². The van der Waals surface area contributed by atoms with Crippen LogP contribution in [0.5, 0.6) is 0 Å². The van der Waals surface area contributed by atoms with Crippen LogP contribution >= 0.6 is 0 Å². The molecule has 0 N–H and O–H groups in total. The van der Waals surface area contributed by atoms with Crippen molar-refractivity contribution in [2.24, 2.45) is 5.92 Å². The molecule has 1 aromatic carbocycles. The molecule has 1 aromatic heterocycles. The standard InChI is InChI=1S/C20H27N3O2/c1-15-7-5-12-22(14-11-15)19(24)10-6-13-23-16(2)21-18-9-4-3-8-17(18)20(23)25/h3-4,8-9,15H,5-7,10-14H2,1-2H3. The van der Waals surface area contributed by atoms with Crippen LogP contribution in [-0.2, 0) is 11.3 Å². The summed E-state index contributed by atoms with van der Waals surface area (Å²) in [4.78, 5) is 31.6. The first kappa shape index (κ1) is 17.6. The van der Waals surface area contributed by atoms with Crippen molar-refractivity contribution in [3.8, 4) is 0 Å². The minimum absolute atomic E-state index is 0.0147. The molecular weight excluding hydrogens is 314 g/mol. The number of likely N-dealkylation sites (tertiary alicyclic amines) is 1. The highest BCUT2D eigenvalue weighted by molar-refractivity contribution is 5.77. The number of hydrogen-bond donors (Lipinski definition) is 0. The summed E-state index contributed by atoms with van der Waals surface area (Å²) in [5.74, 6) is 1.64. The van der Waals surface area contributed by atoms with E-state index in [-0.39, 0.29) is 11.5 Å². The number of carbonyl (C=O) groups excluding carboxylic acids is 1. The highest BCUT2D eigenvalue weighted by Gasteiger charge is 2.18.